The van der Waals surface area contributed by atoms with E-state index in [1.54, 1.807) is 22.7 Å². The Bertz CT molecular complexity index is 864. The van der Waals surface area contributed by atoms with Gasteiger partial charge in [0.15, 0.2) is 0 Å². The molecule has 0 aliphatic carbocycles. The smallest absolute Gasteiger partial charge is 0.236 e. The molecule has 1 atom stereocenters. The molecule has 4 nitrogen and oxygen atoms in total. The molecule has 0 unspecified atom stereocenters. The molecule has 3 aromatic rings. The van der Waals surface area contributed by atoms with Crippen LogP contribution in [0.15, 0.2) is 33.4 Å². The second-order valence-corrected chi connectivity index (χ2v) is 7.94. The molecule has 1 aliphatic heterocycles. The molecule has 0 bridgehead atoms. The fraction of sp³-hybridized carbons (Fsp3) is 0.333. The lowest BCUT2D eigenvalue weighted by molar-refractivity contribution is -0.133. The molecule has 6 heteroatoms. The number of fused-ring (bicyclic) bond motifs is 1. The SMILES string of the molecule is Cc1oc(-c2cccs2)nc1CC(=O)N1CCc2sccc2[C@H]1C. The van der Waals surface area contributed by atoms with Gasteiger partial charge < -0.3 is 9.32 Å². The van der Waals surface area contributed by atoms with Gasteiger partial charge in [-0.25, -0.2) is 4.98 Å². The van der Waals surface area contributed by atoms with Crippen molar-refractivity contribution in [1.82, 2.24) is 9.88 Å². The summed E-state index contributed by atoms with van der Waals surface area (Å²) in [6.45, 7) is 4.76. The van der Waals surface area contributed by atoms with Crippen molar-refractivity contribution >= 4 is 28.6 Å². The third-order valence-corrected chi connectivity index (χ3v) is 6.40. The Kier molecular flexibility index (Phi) is 4.02. The summed E-state index contributed by atoms with van der Waals surface area (Å²) < 4.78 is 5.75. The highest BCUT2D eigenvalue weighted by molar-refractivity contribution is 7.13. The third kappa shape index (κ3) is 2.70. The molecule has 1 aliphatic rings. The fourth-order valence-electron chi connectivity index (χ4n) is 3.19. The van der Waals surface area contributed by atoms with Crippen molar-refractivity contribution in [1.29, 1.82) is 0 Å². The van der Waals surface area contributed by atoms with Gasteiger partial charge in [-0.05, 0) is 48.7 Å². The number of aromatic nitrogens is 1. The first kappa shape index (κ1) is 15.6. The monoisotopic (exact) mass is 358 g/mol. The summed E-state index contributed by atoms with van der Waals surface area (Å²) in [7, 11) is 0. The number of carbonyl (C=O) groups is 1. The molecule has 4 rings (SSSR count). The zero-order valence-electron chi connectivity index (χ0n) is 13.6. The Morgan fingerprint density at radius 1 is 1.38 bits per heavy atom. The van der Waals surface area contributed by atoms with Crippen LogP contribution in [0.1, 0.15) is 34.9 Å². The normalized spacial score (nSPS) is 17.1. The van der Waals surface area contributed by atoms with Crippen LogP contribution in [-0.2, 0) is 17.6 Å². The number of nitrogens with zero attached hydrogens (tertiary/aromatic N) is 2. The average molecular weight is 358 g/mol. The Balaban J connectivity index is 1.53. The highest BCUT2D eigenvalue weighted by Gasteiger charge is 2.29. The van der Waals surface area contributed by atoms with Gasteiger partial charge >= 0.3 is 0 Å². The summed E-state index contributed by atoms with van der Waals surface area (Å²) in [5.41, 5.74) is 2.03. The van der Waals surface area contributed by atoms with Crippen molar-refractivity contribution in [3.63, 3.8) is 0 Å². The first-order valence-corrected chi connectivity index (χ1v) is 9.75. The lowest BCUT2D eigenvalue weighted by Crippen LogP contribution is -2.39. The molecule has 0 N–H and O–H groups in total. The molecule has 0 fully saturated rings. The van der Waals surface area contributed by atoms with Gasteiger partial charge in [0.2, 0.25) is 11.8 Å². The molecule has 0 aromatic carbocycles. The number of aryl methyl sites for hydroxylation is 1. The van der Waals surface area contributed by atoms with Crippen LogP contribution >= 0.6 is 22.7 Å². The van der Waals surface area contributed by atoms with E-state index in [4.69, 9.17) is 4.42 Å². The van der Waals surface area contributed by atoms with Crippen LogP contribution in [-0.4, -0.2) is 22.3 Å². The molecule has 1 amide bonds. The van der Waals surface area contributed by atoms with Crippen molar-refractivity contribution in [2.75, 3.05) is 6.54 Å². The van der Waals surface area contributed by atoms with Gasteiger partial charge in [-0.1, -0.05) is 6.07 Å². The Labute approximate surface area is 148 Å². The van der Waals surface area contributed by atoms with Gasteiger partial charge in [0.1, 0.15) is 5.76 Å². The van der Waals surface area contributed by atoms with Crippen LogP contribution < -0.4 is 0 Å². The zero-order valence-corrected chi connectivity index (χ0v) is 15.2. The second-order valence-electron chi connectivity index (χ2n) is 5.99. The van der Waals surface area contributed by atoms with Crippen molar-refractivity contribution in [3.8, 4) is 10.8 Å². The van der Waals surface area contributed by atoms with Crippen LogP contribution in [0.2, 0.25) is 0 Å². The topological polar surface area (TPSA) is 46.3 Å². The van der Waals surface area contributed by atoms with Gasteiger partial charge in [0, 0.05) is 11.4 Å². The van der Waals surface area contributed by atoms with Crippen LogP contribution in [0.4, 0.5) is 0 Å². The quantitative estimate of drug-likeness (QED) is 0.694. The largest absolute Gasteiger partial charge is 0.440 e. The van der Waals surface area contributed by atoms with Gasteiger partial charge in [0.05, 0.1) is 23.0 Å². The molecule has 0 spiro atoms. The number of hydrogen-bond donors (Lipinski definition) is 0. The van der Waals surface area contributed by atoms with E-state index in [1.165, 1.54) is 10.4 Å². The van der Waals surface area contributed by atoms with Crippen molar-refractivity contribution in [3.05, 3.63) is 50.9 Å². The van der Waals surface area contributed by atoms with E-state index in [0.717, 1.165) is 29.3 Å². The van der Waals surface area contributed by atoms with Gasteiger partial charge in [-0.2, -0.15) is 0 Å². The molecule has 0 saturated heterocycles. The minimum absolute atomic E-state index is 0.119. The van der Waals surface area contributed by atoms with E-state index in [9.17, 15) is 4.79 Å². The maximum Gasteiger partial charge on any atom is 0.236 e. The number of carbonyl (C=O) groups excluding carboxylic acids is 1. The molecule has 24 heavy (non-hydrogen) atoms. The molecule has 3 aromatic heterocycles. The number of amides is 1. The summed E-state index contributed by atoms with van der Waals surface area (Å²) in [6.07, 6.45) is 1.24. The molecular weight excluding hydrogens is 340 g/mol. The van der Waals surface area contributed by atoms with Crippen LogP contribution in [0.25, 0.3) is 10.8 Å². The minimum atomic E-state index is 0.119. The van der Waals surface area contributed by atoms with Gasteiger partial charge in [-0.15, -0.1) is 22.7 Å². The summed E-state index contributed by atoms with van der Waals surface area (Å²) in [6, 6.07) is 6.22. The lowest BCUT2D eigenvalue weighted by atomic mass is 10.0. The molecule has 0 radical (unpaired) electrons. The molecule has 4 heterocycles. The number of thiophene rings is 2. The fourth-order valence-corrected chi connectivity index (χ4v) is 4.80. The second kappa shape index (κ2) is 6.18. The Morgan fingerprint density at radius 2 is 2.25 bits per heavy atom. The van der Waals surface area contributed by atoms with E-state index >= 15 is 0 Å². The first-order chi connectivity index (χ1) is 11.6. The molecule has 124 valence electrons. The lowest BCUT2D eigenvalue weighted by Gasteiger charge is -2.33. The standard InChI is InChI=1S/C18H18N2O2S2/c1-11-13-6-9-24-15(13)5-7-20(11)17(21)10-14-12(2)22-18(19-14)16-4-3-8-23-16/h3-4,6,8-9,11H,5,7,10H2,1-2H3/t11-/m1/s1. The van der Waals surface area contributed by atoms with E-state index < -0.39 is 0 Å². The third-order valence-electron chi connectivity index (χ3n) is 4.54. The Morgan fingerprint density at radius 3 is 3.04 bits per heavy atom. The predicted molar refractivity (Wildman–Crippen MR) is 96.4 cm³/mol. The average Bonchev–Trinajstić information content (AvgIpc) is 3.28. The number of oxazole rings is 1. The number of rotatable bonds is 3. The zero-order chi connectivity index (χ0) is 16.7. The summed E-state index contributed by atoms with van der Waals surface area (Å²) in [5, 5.41) is 4.11. The maximum absolute atomic E-state index is 12.8. The summed E-state index contributed by atoms with van der Waals surface area (Å²) in [4.78, 5) is 21.7. The van der Waals surface area contributed by atoms with Crippen LogP contribution in [0.5, 0.6) is 0 Å². The summed E-state index contributed by atoms with van der Waals surface area (Å²) >= 11 is 3.38. The summed E-state index contributed by atoms with van der Waals surface area (Å²) in [5.74, 6) is 1.46. The Hall–Kier alpha value is -1.92. The number of hydrogen-bond acceptors (Lipinski definition) is 5. The van der Waals surface area contributed by atoms with E-state index in [-0.39, 0.29) is 11.9 Å². The van der Waals surface area contributed by atoms with E-state index in [2.05, 4.69) is 23.4 Å². The minimum Gasteiger partial charge on any atom is -0.440 e. The van der Waals surface area contributed by atoms with E-state index in [0.29, 0.717) is 12.3 Å². The molecular formula is C18H18N2O2S2. The van der Waals surface area contributed by atoms with Crippen LogP contribution in [0, 0.1) is 6.92 Å². The van der Waals surface area contributed by atoms with Crippen molar-refractivity contribution in [2.24, 2.45) is 0 Å². The van der Waals surface area contributed by atoms with Gasteiger partial charge in [0.25, 0.3) is 0 Å². The highest BCUT2D eigenvalue weighted by atomic mass is 32.1. The van der Waals surface area contributed by atoms with E-state index in [1.807, 2.05) is 29.3 Å². The molecule has 0 saturated carbocycles. The maximum atomic E-state index is 12.8. The van der Waals surface area contributed by atoms with Gasteiger partial charge in [-0.3, -0.25) is 4.79 Å². The highest BCUT2D eigenvalue weighted by Crippen LogP contribution is 2.33. The predicted octanol–water partition coefficient (Wildman–Crippen LogP) is 4.46. The van der Waals surface area contributed by atoms with Crippen LogP contribution in [0.3, 0.4) is 0 Å². The first-order valence-electron chi connectivity index (χ1n) is 7.99. The van der Waals surface area contributed by atoms with Crippen molar-refractivity contribution < 1.29 is 9.21 Å². The van der Waals surface area contributed by atoms with Crippen molar-refractivity contribution in [2.45, 2.75) is 32.7 Å².